The molecule has 0 saturated carbocycles. The van der Waals surface area contributed by atoms with Gasteiger partial charge in [0.25, 0.3) is 0 Å². The summed E-state index contributed by atoms with van der Waals surface area (Å²) in [4.78, 5) is 12.9. The van der Waals surface area contributed by atoms with E-state index in [-0.39, 0.29) is 21.7 Å². The molecular weight excluding hydrogens is 611 g/mol. The van der Waals surface area contributed by atoms with Crippen LogP contribution in [0.4, 0.5) is 0 Å². The van der Waals surface area contributed by atoms with Crippen molar-refractivity contribution in [1.82, 2.24) is 23.9 Å². The number of fused-ring (bicyclic) bond motifs is 5. The lowest BCUT2D eigenvalue weighted by molar-refractivity contribution is 1.07. The molecule has 0 N–H and O–H groups in total. The maximum atomic E-state index is 9.96. The molecule has 0 atom stereocenters. The third-order valence-electron chi connectivity index (χ3n) is 8.22. The van der Waals surface area contributed by atoms with Gasteiger partial charge in [-0.15, -0.1) is 0 Å². The van der Waals surface area contributed by atoms with Crippen LogP contribution in [-0.2, 0) is 0 Å². The second kappa shape index (κ2) is 10.3. The molecule has 5 heteroatoms. The maximum absolute atomic E-state index is 9.96. The zero-order valence-corrected chi connectivity index (χ0v) is 24.7. The van der Waals surface area contributed by atoms with Crippen molar-refractivity contribution in [3.05, 3.63) is 163 Å². The molecule has 11 rings (SSSR count). The minimum atomic E-state index is -1.05. The van der Waals surface area contributed by atoms with E-state index in [0.717, 1.165) is 8.97 Å². The minimum absolute atomic E-state index is 0.323. The molecule has 5 nitrogen and oxygen atoms in total. The SMILES string of the molecule is [2H]c1c([2H])c([2H])c(-c2nc(-c3c([2H])c([2H])c([2H])c([2H])c3[2H])nc(-c3c([2H])c([2H])c([2H])c(-n4c5c([2H])c([2H])c([2H])c6c7c([2H])c([2H])c([2H])c8c9c([2H])c([2H])c([2H])c([2H])c9n(c9c([2H])c([2H])c([2H])c4c9c65)c78)c3[2H])n2)c([2H])c1[2H]. The van der Waals surface area contributed by atoms with Crippen molar-refractivity contribution >= 4 is 59.9 Å². The van der Waals surface area contributed by atoms with Crippen LogP contribution < -0.4 is 0 Å². The van der Waals surface area contributed by atoms with Crippen LogP contribution >= 0.6 is 0 Å². The van der Waals surface area contributed by atoms with Crippen LogP contribution in [0.15, 0.2) is 163 Å². The van der Waals surface area contributed by atoms with Gasteiger partial charge in [-0.1, -0.05) is 127 Å². The predicted molar refractivity (Wildman–Crippen MR) is 205 cm³/mol. The first kappa shape index (κ1) is 11.9. The molecule has 0 radical (unpaired) electrons. The van der Waals surface area contributed by atoms with E-state index >= 15 is 0 Å². The van der Waals surface area contributed by atoms with Gasteiger partial charge < -0.3 is 8.97 Å². The van der Waals surface area contributed by atoms with Gasteiger partial charge in [0, 0.05) is 49.3 Å². The molecule has 4 aromatic heterocycles. The molecule has 7 aromatic carbocycles. The second-order valence-electron chi connectivity index (χ2n) is 10.8. The van der Waals surface area contributed by atoms with Crippen molar-refractivity contribution in [2.45, 2.75) is 0 Å². The van der Waals surface area contributed by atoms with E-state index in [1.165, 1.54) is 0 Å². The van der Waals surface area contributed by atoms with Crippen LogP contribution in [0.2, 0.25) is 0 Å². The summed E-state index contributed by atoms with van der Waals surface area (Å²) in [6.07, 6.45) is 0. The average Bonchev–Trinajstić information content (AvgIpc) is 4.13. The van der Waals surface area contributed by atoms with E-state index in [1.54, 1.807) is 0 Å². The van der Waals surface area contributed by atoms with Gasteiger partial charge in [0.05, 0.1) is 64.6 Å². The minimum Gasteiger partial charge on any atom is -0.309 e. The number of aromatic nitrogens is 5. The molecule has 0 aliphatic carbocycles. The van der Waals surface area contributed by atoms with Crippen molar-refractivity contribution in [1.29, 1.82) is 0 Å². The Bertz CT molecular complexity index is 4520. The summed E-state index contributed by atoms with van der Waals surface area (Å²) in [5, 5.41) is -2.39. The first-order chi connectivity index (χ1) is 36.0. The van der Waals surface area contributed by atoms with Gasteiger partial charge in [-0.2, -0.15) is 0 Å². The van der Waals surface area contributed by atoms with E-state index in [4.69, 9.17) is 20.6 Å². The lowest BCUT2D eigenvalue weighted by Crippen LogP contribution is -2.01. The molecule has 0 unspecified atom stereocenters. The number of benzene rings is 7. The van der Waals surface area contributed by atoms with Gasteiger partial charge in [-0.05, 0) is 41.6 Å². The summed E-state index contributed by atoms with van der Waals surface area (Å²) < 4.78 is 244. The third kappa shape index (κ3) is 3.80. The lowest BCUT2D eigenvalue weighted by Gasteiger charge is -2.12. The quantitative estimate of drug-likeness (QED) is 0.188. The number of para-hydroxylation sites is 2. The number of hydrogen-bond acceptors (Lipinski definition) is 3. The Morgan fingerprint density at radius 2 is 0.860 bits per heavy atom. The normalized spacial score (nSPS) is 19.6. The smallest absolute Gasteiger partial charge is 0.164 e. The molecular formula is C45H27N5. The molecule has 0 aliphatic heterocycles. The van der Waals surface area contributed by atoms with Gasteiger partial charge in [0.15, 0.2) is 17.5 Å². The zero-order valence-electron chi connectivity index (χ0n) is 51.7. The highest BCUT2D eigenvalue weighted by Crippen LogP contribution is 2.44. The standard InChI is InChI=1S/C45H27N5/c1-3-13-28(14-4-1)43-46-44(29-15-5-2-6-16-29)48-45(47-43)30-17-9-18-31(27-30)49-37-24-11-20-33-35-22-10-21-34-32-19-7-8-23-36(32)50(42(34)35)39-26-12-25-38(49)41(39)40(33)37/h1-27H/i1D,2D,3D,4D,5D,6D,7D,8D,9D,10D,11D,12D,13D,14D,15D,16D,17D,18D,19D,20D,21D,22D,23D,24D,25D,26D,27D. The number of nitrogens with zero attached hydrogens (tertiary/aromatic N) is 5. The van der Waals surface area contributed by atoms with Gasteiger partial charge >= 0.3 is 0 Å². The van der Waals surface area contributed by atoms with Gasteiger partial charge in [-0.3, -0.25) is 0 Å². The third-order valence-corrected chi connectivity index (χ3v) is 8.22. The maximum Gasteiger partial charge on any atom is 0.164 e. The molecule has 0 bridgehead atoms. The van der Waals surface area contributed by atoms with Crippen molar-refractivity contribution in [2.75, 3.05) is 0 Å². The summed E-state index contributed by atoms with van der Waals surface area (Å²) in [5.41, 5.74) is -5.59. The van der Waals surface area contributed by atoms with Crippen LogP contribution in [0, 0.1) is 0 Å². The van der Waals surface area contributed by atoms with E-state index in [0.29, 0.717) is 0 Å². The highest BCUT2D eigenvalue weighted by Gasteiger charge is 2.22. The van der Waals surface area contributed by atoms with Crippen molar-refractivity contribution in [3.8, 4) is 39.9 Å². The summed E-state index contributed by atoms with van der Waals surface area (Å²) in [7, 11) is 0. The van der Waals surface area contributed by atoms with Crippen LogP contribution in [0.5, 0.6) is 0 Å². The fraction of sp³-hybridized carbons (Fsp3) is 0. The first-order valence-corrected chi connectivity index (χ1v) is 14.7. The fourth-order valence-electron chi connectivity index (χ4n) is 6.26. The average molecular weight is 665 g/mol. The highest BCUT2D eigenvalue weighted by molar-refractivity contribution is 6.31. The van der Waals surface area contributed by atoms with E-state index in [1.807, 2.05) is 0 Å². The summed E-state index contributed by atoms with van der Waals surface area (Å²) in [6, 6.07) is -23.6. The molecule has 4 heterocycles. The van der Waals surface area contributed by atoms with E-state index in [2.05, 4.69) is 15.0 Å². The lowest BCUT2D eigenvalue weighted by atomic mass is 10.0. The number of hydrogen-bond donors (Lipinski definition) is 0. The van der Waals surface area contributed by atoms with Gasteiger partial charge in [0.2, 0.25) is 0 Å². The Labute approximate surface area is 324 Å². The predicted octanol–water partition coefficient (Wildman–Crippen LogP) is 11.1. The van der Waals surface area contributed by atoms with Crippen LogP contribution in [0.1, 0.15) is 37.0 Å². The van der Waals surface area contributed by atoms with Crippen molar-refractivity contribution < 1.29 is 37.0 Å². The molecule has 11 aromatic rings. The largest absolute Gasteiger partial charge is 0.309 e. The molecule has 0 fully saturated rings. The molecule has 50 heavy (non-hydrogen) atoms. The van der Waals surface area contributed by atoms with E-state index < -0.39 is 241 Å². The highest BCUT2D eigenvalue weighted by atomic mass is 15.0. The molecule has 0 aliphatic rings. The second-order valence-corrected chi connectivity index (χ2v) is 10.8. The Morgan fingerprint density at radius 3 is 1.60 bits per heavy atom. The van der Waals surface area contributed by atoms with Crippen LogP contribution in [-0.4, -0.2) is 23.9 Å². The number of rotatable bonds is 4. The first-order valence-electron chi connectivity index (χ1n) is 28.2. The van der Waals surface area contributed by atoms with Crippen LogP contribution in [0.25, 0.3) is 99.8 Å². The molecule has 232 valence electrons. The Kier molecular flexibility index (Phi) is 2.46. The van der Waals surface area contributed by atoms with Crippen molar-refractivity contribution in [2.24, 2.45) is 0 Å². The Morgan fingerprint density at radius 1 is 0.380 bits per heavy atom. The topological polar surface area (TPSA) is 48.0 Å². The van der Waals surface area contributed by atoms with E-state index in [9.17, 15) is 16.4 Å². The van der Waals surface area contributed by atoms with Crippen LogP contribution in [0.3, 0.4) is 0 Å². The molecule has 0 amide bonds. The summed E-state index contributed by atoms with van der Waals surface area (Å²) >= 11 is 0. The van der Waals surface area contributed by atoms with Gasteiger partial charge in [-0.25, -0.2) is 15.0 Å². The Hall–Kier alpha value is -6.85. The Balaban J connectivity index is 1.40. The summed E-state index contributed by atoms with van der Waals surface area (Å²) in [5.74, 6) is -2.55. The molecule has 0 saturated heterocycles. The monoisotopic (exact) mass is 664 g/mol. The molecule has 0 spiro atoms. The summed E-state index contributed by atoms with van der Waals surface area (Å²) in [6.45, 7) is 0. The fourth-order valence-corrected chi connectivity index (χ4v) is 6.26. The van der Waals surface area contributed by atoms with Crippen molar-refractivity contribution in [3.63, 3.8) is 0 Å². The zero-order chi connectivity index (χ0) is 56.3. The van der Waals surface area contributed by atoms with Gasteiger partial charge in [0.1, 0.15) is 0 Å².